The Kier molecular flexibility index (Phi) is 2.18. The van der Waals surface area contributed by atoms with Gasteiger partial charge in [-0.3, -0.25) is 4.79 Å². The summed E-state index contributed by atoms with van der Waals surface area (Å²) in [6.07, 6.45) is 0.483. The fraction of sp³-hybridized carbons (Fsp3) is 0.444. The first-order chi connectivity index (χ1) is 7.11. The van der Waals surface area contributed by atoms with Gasteiger partial charge in [0.2, 0.25) is 11.9 Å². The highest BCUT2D eigenvalue weighted by molar-refractivity contribution is 5.76. The number of rotatable bonds is 1. The Bertz CT molecular complexity index is 417. The molecule has 1 aliphatic heterocycles. The third-order valence-corrected chi connectivity index (χ3v) is 2.49. The van der Waals surface area contributed by atoms with Crippen LogP contribution in [0.15, 0.2) is 0 Å². The van der Waals surface area contributed by atoms with E-state index in [0.717, 1.165) is 11.3 Å². The zero-order valence-corrected chi connectivity index (χ0v) is 8.53. The molecule has 0 bridgehead atoms. The van der Waals surface area contributed by atoms with Crippen molar-refractivity contribution in [2.45, 2.75) is 26.4 Å². The molecule has 80 valence electrons. The molecule has 0 atom stereocenters. The van der Waals surface area contributed by atoms with Gasteiger partial charge >= 0.3 is 0 Å². The van der Waals surface area contributed by atoms with E-state index in [-0.39, 0.29) is 11.9 Å². The summed E-state index contributed by atoms with van der Waals surface area (Å²) in [6.45, 7) is 2.81. The number of anilines is 2. The topological polar surface area (TPSA) is 98.1 Å². The van der Waals surface area contributed by atoms with Gasteiger partial charge < -0.3 is 16.4 Å². The SMILES string of the molecule is CCC(=O)N1Cc2nc(N)nc(N)c2C1. The van der Waals surface area contributed by atoms with Crippen molar-refractivity contribution in [2.75, 3.05) is 11.5 Å². The van der Waals surface area contributed by atoms with Crippen LogP contribution in [0.2, 0.25) is 0 Å². The summed E-state index contributed by atoms with van der Waals surface area (Å²) in [5.74, 6) is 0.631. The molecule has 6 heteroatoms. The Labute approximate surface area is 87.3 Å². The largest absolute Gasteiger partial charge is 0.383 e. The molecule has 1 aromatic heterocycles. The molecule has 1 amide bonds. The summed E-state index contributed by atoms with van der Waals surface area (Å²) < 4.78 is 0. The van der Waals surface area contributed by atoms with Crippen LogP contribution in [0, 0.1) is 0 Å². The van der Waals surface area contributed by atoms with E-state index in [1.165, 1.54) is 0 Å². The van der Waals surface area contributed by atoms with Crippen molar-refractivity contribution < 1.29 is 4.79 Å². The molecule has 4 N–H and O–H groups in total. The molecule has 0 spiro atoms. The highest BCUT2D eigenvalue weighted by Crippen LogP contribution is 2.25. The number of carbonyl (C=O) groups is 1. The van der Waals surface area contributed by atoms with Gasteiger partial charge in [-0.2, -0.15) is 4.98 Å². The van der Waals surface area contributed by atoms with E-state index in [2.05, 4.69) is 9.97 Å². The number of hydrogen-bond acceptors (Lipinski definition) is 5. The fourth-order valence-corrected chi connectivity index (χ4v) is 1.70. The zero-order chi connectivity index (χ0) is 11.0. The molecule has 0 fully saturated rings. The summed E-state index contributed by atoms with van der Waals surface area (Å²) in [7, 11) is 0. The van der Waals surface area contributed by atoms with Gasteiger partial charge in [-0.25, -0.2) is 4.98 Å². The third-order valence-electron chi connectivity index (χ3n) is 2.49. The minimum atomic E-state index is 0.0889. The van der Waals surface area contributed by atoms with E-state index in [1.54, 1.807) is 4.90 Å². The maximum Gasteiger partial charge on any atom is 0.222 e. The standard InChI is InChI=1S/C9H13N5O/c1-2-7(15)14-3-5-6(4-14)12-9(11)13-8(5)10/h2-4H2,1H3,(H4,10,11,12,13). The van der Waals surface area contributed by atoms with Crippen molar-refractivity contribution in [3.63, 3.8) is 0 Å². The molecule has 1 aromatic rings. The fourth-order valence-electron chi connectivity index (χ4n) is 1.70. The second-order valence-corrected chi connectivity index (χ2v) is 3.50. The van der Waals surface area contributed by atoms with Crippen LogP contribution in [0.1, 0.15) is 24.6 Å². The highest BCUT2D eigenvalue weighted by atomic mass is 16.2. The lowest BCUT2D eigenvalue weighted by Gasteiger charge is -2.12. The monoisotopic (exact) mass is 207 g/mol. The molecule has 6 nitrogen and oxygen atoms in total. The summed E-state index contributed by atoms with van der Waals surface area (Å²) >= 11 is 0. The molecule has 0 aliphatic carbocycles. The number of carbonyl (C=O) groups excluding carboxylic acids is 1. The van der Waals surface area contributed by atoms with E-state index in [0.29, 0.717) is 25.3 Å². The number of amides is 1. The first-order valence-corrected chi connectivity index (χ1v) is 4.80. The number of nitrogen functional groups attached to an aromatic ring is 2. The average Bonchev–Trinajstić information content (AvgIpc) is 2.60. The van der Waals surface area contributed by atoms with Gasteiger partial charge in [0.05, 0.1) is 18.8 Å². The lowest BCUT2D eigenvalue weighted by molar-refractivity contribution is -0.131. The zero-order valence-electron chi connectivity index (χ0n) is 8.53. The Morgan fingerprint density at radius 2 is 2.13 bits per heavy atom. The van der Waals surface area contributed by atoms with E-state index in [1.807, 2.05) is 6.92 Å². The van der Waals surface area contributed by atoms with E-state index in [9.17, 15) is 4.79 Å². The molecule has 2 rings (SSSR count). The van der Waals surface area contributed by atoms with Crippen LogP contribution in [-0.2, 0) is 17.9 Å². The normalized spacial score (nSPS) is 14.1. The van der Waals surface area contributed by atoms with Crippen LogP contribution in [0.3, 0.4) is 0 Å². The van der Waals surface area contributed by atoms with Gasteiger partial charge in [0, 0.05) is 12.0 Å². The number of hydrogen-bond donors (Lipinski definition) is 2. The lowest BCUT2D eigenvalue weighted by Crippen LogP contribution is -2.24. The smallest absolute Gasteiger partial charge is 0.222 e. The van der Waals surface area contributed by atoms with Gasteiger partial charge in [0.15, 0.2) is 0 Å². The van der Waals surface area contributed by atoms with Crippen LogP contribution in [0.25, 0.3) is 0 Å². The van der Waals surface area contributed by atoms with Crippen LogP contribution < -0.4 is 11.5 Å². The van der Waals surface area contributed by atoms with E-state index < -0.39 is 0 Å². The molecule has 0 unspecified atom stereocenters. The maximum atomic E-state index is 11.5. The van der Waals surface area contributed by atoms with E-state index in [4.69, 9.17) is 11.5 Å². The van der Waals surface area contributed by atoms with Crippen LogP contribution in [0.4, 0.5) is 11.8 Å². The Morgan fingerprint density at radius 3 is 2.80 bits per heavy atom. The number of aromatic nitrogens is 2. The maximum absolute atomic E-state index is 11.5. The van der Waals surface area contributed by atoms with Crippen molar-refractivity contribution in [1.82, 2.24) is 14.9 Å². The minimum Gasteiger partial charge on any atom is -0.383 e. The highest BCUT2D eigenvalue weighted by Gasteiger charge is 2.26. The number of fused-ring (bicyclic) bond motifs is 1. The van der Waals surface area contributed by atoms with Crippen molar-refractivity contribution in [3.8, 4) is 0 Å². The van der Waals surface area contributed by atoms with Gasteiger partial charge in [-0.15, -0.1) is 0 Å². The lowest BCUT2D eigenvalue weighted by atomic mass is 10.2. The second-order valence-electron chi connectivity index (χ2n) is 3.50. The minimum absolute atomic E-state index is 0.0889. The molecule has 1 aliphatic rings. The third kappa shape index (κ3) is 1.58. The van der Waals surface area contributed by atoms with Gasteiger partial charge in [-0.05, 0) is 0 Å². The Hall–Kier alpha value is -1.85. The molecular formula is C9H13N5O. The molecule has 0 saturated heterocycles. The summed E-state index contributed by atoms with van der Waals surface area (Å²) in [5.41, 5.74) is 12.8. The Morgan fingerprint density at radius 1 is 1.40 bits per heavy atom. The van der Waals surface area contributed by atoms with Gasteiger partial charge in [0.25, 0.3) is 0 Å². The van der Waals surface area contributed by atoms with Crippen molar-refractivity contribution in [2.24, 2.45) is 0 Å². The summed E-state index contributed by atoms with van der Waals surface area (Å²) in [5, 5.41) is 0. The van der Waals surface area contributed by atoms with Gasteiger partial charge in [-0.1, -0.05) is 6.92 Å². The van der Waals surface area contributed by atoms with Crippen molar-refractivity contribution in [3.05, 3.63) is 11.3 Å². The molecule has 0 radical (unpaired) electrons. The first kappa shape index (κ1) is 9.70. The average molecular weight is 207 g/mol. The van der Waals surface area contributed by atoms with Crippen LogP contribution in [0.5, 0.6) is 0 Å². The molecule has 0 aromatic carbocycles. The first-order valence-electron chi connectivity index (χ1n) is 4.80. The van der Waals surface area contributed by atoms with Crippen LogP contribution >= 0.6 is 0 Å². The second kappa shape index (κ2) is 3.38. The quantitative estimate of drug-likeness (QED) is 0.669. The van der Waals surface area contributed by atoms with Gasteiger partial charge in [0.1, 0.15) is 5.82 Å². The summed E-state index contributed by atoms with van der Waals surface area (Å²) in [4.78, 5) is 21.1. The molecular weight excluding hydrogens is 194 g/mol. The number of nitrogens with two attached hydrogens (primary N) is 2. The van der Waals surface area contributed by atoms with Crippen LogP contribution in [-0.4, -0.2) is 20.8 Å². The molecule has 0 saturated carbocycles. The van der Waals surface area contributed by atoms with Crippen molar-refractivity contribution >= 4 is 17.7 Å². The number of nitrogens with zero attached hydrogens (tertiary/aromatic N) is 3. The predicted molar refractivity (Wildman–Crippen MR) is 55.4 cm³/mol. The molecule has 15 heavy (non-hydrogen) atoms. The van der Waals surface area contributed by atoms with Crippen molar-refractivity contribution in [1.29, 1.82) is 0 Å². The van der Waals surface area contributed by atoms with E-state index >= 15 is 0 Å². The predicted octanol–water partition coefficient (Wildman–Crippen LogP) is -0.107. The summed E-state index contributed by atoms with van der Waals surface area (Å²) in [6, 6.07) is 0. The molecule has 2 heterocycles. The Balaban J connectivity index is 2.31.